The third kappa shape index (κ3) is 2.52. The average molecular weight is 342 g/mol. The average Bonchev–Trinajstić information content (AvgIpc) is 2.89. The van der Waals surface area contributed by atoms with E-state index in [4.69, 9.17) is 4.74 Å². The molecule has 0 fully saturated rings. The lowest BCUT2D eigenvalue weighted by Crippen LogP contribution is -2.35. The molecule has 1 aliphatic rings. The van der Waals surface area contributed by atoms with Crippen LogP contribution in [0.4, 0.5) is 0 Å². The minimum atomic E-state index is -0.373. The van der Waals surface area contributed by atoms with E-state index >= 15 is 0 Å². The van der Waals surface area contributed by atoms with E-state index in [9.17, 15) is 9.59 Å². The van der Waals surface area contributed by atoms with Gasteiger partial charge in [-0.2, -0.15) is 0 Å². The van der Waals surface area contributed by atoms with Gasteiger partial charge in [0.2, 0.25) is 0 Å². The van der Waals surface area contributed by atoms with E-state index < -0.39 is 0 Å². The molecule has 0 bridgehead atoms. The first-order valence-electron chi connectivity index (χ1n) is 7.90. The molecule has 1 aromatic carbocycles. The maximum Gasteiger partial charge on any atom is 0.329 e. The number of rotatable bonds is 2. The van der Waals surface area contributed by atoms with Crippen molar-refractivity contribution in [3.05, 3.63) is 67.2 Å². The van der Waals surface area contributed by atoms with Crippen LogP contribution in [0, 0.1) is 0 Å². The van der Waals surface area contributed by atoms with Crippen LogP contribution in [-0.4, -0.2) is 15.2 Å². The summed E-state index contributed by atoms with van der Waals surface area (Å²) >= 11 is 1.48. The SMILES string of the molecule is CC1(C)Cc2sc3c(=O)n(Cc4ccccc4)c(=O)[nH]c3c2CO1. The van der Waals surface area contributed by atoms with E-state index in [1.807, 2.05) is 44.2 Å². The number of H-pyrrole nitrogens is 1. The van der Waals surface area contributed by atoms with Crippen LogP contribution < -0.4 is 11.2 Å². The van der Waals surface area contributed by atoms with Crippen molar-refractivity contribution in [2.75, 3.05) is 0 Å². The van der Waals surface area contributed by atoms with Crippen LogP contribution >= 0.6 is 11.3 Å². The molecule has 2 aromatic heterocycles. The topological polar surface area (TPSA) is 64.1 Å². The zero-order chi connectivity index (χ0) is 16.9. The third-order valence-corrected chi connectivity index (χ3v) is 5.60. The number of thiophene rings is 1. The highest BCUT2D eigenvalue weighted by Crippen LogP contribution is 2.36. The van der Waals surface area contributed by atoms with Gasteiger partial charge in [-0.05, 0) is 19.4 Å². The lowest BCUT2D eigenvalue weighted by atomic mass is 9.98. The van der Waals surface area contributed by atoms with Crippen molar-refractivity contribution in [3.63, 3.8) is 0 Å². The van der Waals surface area contributed by atoms with Crippen molar-refractivity contribution in [2.45, 2.75) is 39.0 Å². The van der Waals surface area contributed by atoms with E-state index in [1.54, 1.807) is 0 Å². The molecule has 0 unspecified atom stereocenters. The normalized spacial score (nSPS) is 16.2. The Bertz CT molecular complexity index is 1030. The lowest BCUT2D eigenvalue weighted by Gasteiger charge is -2.29. The van der Waals surface area contributed by atoms with Gasteiger partial charge in [-0.3, -0.25) is 9.36 Å². The second kappa shape index (κ2) is 5.43. The van der Waals surface area contributed by atoms with Gasteiger partial charge < -0.3 is 9.72 Å². The van der Waals surface area contributed by atoms with Gasteiger partial charge in [0.1, 0.15) is 4.70 Å². The van der Waals surface area contributed by atoms with E-state index in [-0.39, 0.29) is 23.4 Å². The quantitative estimate of drug-likeness (QED) is 0.779. The van der Waals surface area contributed by atoms with Crippen molar-refractivity contribution in [2.24, 2.45) is 0 Å². The van der Waals surface area contributed by atoms with Gasteiger partial charge in [0.25, 0.3) is 5.56 Å². The predicted octanol–water partition coefficient (Wildman–Crippen LogP) is 2.65. The first kappa shape index (κ1) is 15.4. The highest BCUT2D eigenvalue weighted by atomic mass is 32.1. The lowest BCUT2D eigenvalue weighted by molar-refractivity contribution is -0.0383. The number of aromatic amines is 1. The largest absolute Gasteiger partial charge is 0.370 e. The van der Waals surface area contributed by atoms with Crippen molar-refractivity contribution < 1.29 is 4.74 Å². The van der Waals surface area contributed by atoms with Crippen LogP contribution in [0.3, 0.4) is 0 Å². The molecule has 4 rings (SSSR count). The van der Waals surface area contributed by atoms with E-state index in [0.29, 0.717) is 16.8 Å². The molecule has 124 valence electrons. The molecule has 1 N–H and O–H groups in total. The van der Waals surface area contributed by atoms with E-state index in [2.05, 4.69) is 4.98 Å². The van der Waals surface area contributed by atoms with Gasteiger partial charge in [-0.25, -0.2) is 4.79 Å². The van der Waals surface area contributed by atoms with Crippen LogP contribution in [0.5, 0.6) is 0 Å². The fraction of sp³-hybridized carbons (Fsp3) is 0.333. The summed E-state index contributed by atoms with van der Waals surface area (Å²) < 4.78 is 7.72. The number of hydrogen-bond donors (Lipinski definition) is 1. The van der Waals surface area contributed by atoms with Gasteiger partial charge in [-0.15, -0.1) is 11.3 Å². The Hall–Kier alpha value is -2.18. The number of fused-ring (bicyclic) bond motifs is 3. The van der Waals surface area contributed by atoms with Gasteiger partial charge in [0.15, 0.2) is 0 Å². The van der Waals surface area contributed by atoms with Gasteiger partial charge in [0.05, 0.1) is 24.3 Å². The summed E-state index contributed by atoms with van der Waals surface area (Å²) in [7, 11) is 0. The zero-order valence-corrected chi connectivity index (χ0v) is 14.4. The summed E-state index contributed by atoms with van der Waals surface area (Å²) in [6, 6.07) is 9.53. The van der Waals surface area contributed by atoms with Crippen molar-refractivity contribution in [1.82, 2.24) is 9.55 Å². The summed E-state index contributed by atoms with van der Waals surface area (Å²) in [6.45, 7) is 4.78. The van der Waals surface area contributed by atoms with Crippen LogP contribution in [0.2, 0.25) is 0 Å². The van der Waals surface area contributed by atoms with Gasteiger partial charge in [-0.1, -0.05) is 30.3 Å². The Kier molecular flexibility index (Phi) is 3.47. The first-order valence-corrected chi connectivity index (χ1v) is 8.71. The highest BCUT2D eigenvalue weighted by Gasteiger charge is 2.30. The maximum absolute atomic E-state index is 12.8. The van der Waals surface area contributed by atoms with Crippen molar-refractivity contribution in [1.29, 1.82) is 0 Å². The number of nitrogens with zero attached hydrogens (tertiary/aromatic N) is 1. The monoisotopic (exact) mass is 342 g/mol. The fourth-order valence-electron chi connectivity index (χ4n) is 3.09. The minimum absolute atomic E-state index is 0.227. The van der Waals surface area contributed by atoms with Crippen molar-refractivity contribution in [3.8, 4) is 0 Å². The Morgan fingerprint density at radius 1 is 1.25 bits per heavy atom. The maximum atomic E-state index is 12.8. The number of benzene rings is 1. The zero-order valence-electron chi connectivity index (χ0n) is 13.6. The molecule has 0 amide bonds. The molecule has 0 saturated heterocycles. The highest BCUT2D eigenvalue weighted by molar-refractivity contribution is 7.19. The Morgan fingerprint density at radius 2 is 2.00 bits per heavy atom. The Morgan fingerprint density at radius 3 is 2.75 bits per heavy atom. The van der Waals surface area contributed by atoms with Crippen LogP contribution in [0.25, 0.3) is 10.2 Å². The molecule has 0 spiro atoms. The summed E-state index contributed by atoms with van der Waals surface area (Å²) in [4.78, 5) is 29.3. The molecule has 0 saturated carbocycles. The number of ether oxygens (including phenoxy) is 1. The molecule has 24 heavy (non-hydrogen) atoms. The molecule has 1 aliphatic heterocycles. The van der Waals surface area contributed by atoms with E-state index in [0.717, 1.165) is 22.4 Å². The molecule has 0 radical (unpaired) electrons. The van der Waals surface area contributed by atoms with E-state index in [1.165, 1.54) is 15.9 Å². The number of aromatic nitrogens is 2. The van der Waals surface area contributed by atoms with Gasteiger partial charge in [0, 0.05) is 16.9 Å². The smallest absolute Gasteiger partial charge is 0.329 e. The first-order chi connectivity index (χ1) is 11.4. The van der Waals surface area contributed by atoms with Crippen LogP contribution in [0.15, 0.2) is 39.9 Å². The standard InChI is InChI=1S/C18H18N2O3S/c1-18(2)8-13-12(10-23-18)14-15(24-13)16(21)20(17(22)19-14)9-11-6-4-3-5-7-11/h3-7H,8-10H2,1-2H3,(H,19,22). The second-order valence-electron chi connectivity index (χ2n) is 6.74. The number of hydrogen-bond acceptors (Lipinski definition) is 4. The minimum Gasteiger partial charge on any atom is -0.370 e. The molecule has 3 aromatic rings. The molecule has 6 heteroatoms. The van der Waals surface area contributed by atoms with Crippen molar-refractivity contribution >= 4 is 21.6 Å². The Labute approximate surface area is 142 Å². The summed E-state index contributed by atoms with van der Waals surface area (Å²) in [5.41, 5.74) is 1.68. The second-order valence-corrected chi connectivity index (χ2v) is 7.85. The van der Waals surface area contributed by atoms with Gasteiger partial charge >= 0.3 is 5.69 Å². The van der Waals surface area contributed by atoms with Crippen LogP contribution in [-0.2, 0) is 24.3 Å². The summed E-state index contributed by atoms with van der Waals surface area (Å²) in [5, 5.41) is 0. The predicted molar refractivity (Wildman–Crippen MR) is 94.8 cm³/mol. The molecular weight excluding hydrogens is 324 g/mol. The molecule has 3 heterocycles. The summed E-state index contributed by atoms with van der Waals surface area (Å²) in [5.74, 6) is 0. The molecule has 0 aliphatic carbocycles. The van der Waals surface area contributed by atoms with Crippen LogP contribution in [0.1, 0.15) is 29.9 Å². The fourth-order valence-corrected chi connectivity index (χ4v) is 4.52. The molecule has 5 nitrogen and oxygen atoms in total. The molecule has 0 atom stereocenters. The number of nitrogens with one attached hydrogen (secondary N) is 1. The Balaban J connectivity index is 1.87. The summed E-state index contributed by atoms with van der Waals surface area (Å²) in [6.07, 6.45) is 0.752. The molecular formula is C18H18N2O3S. The third-order valence-electron chi connectivity index (χ3n) is 4.38.